The molecule has 2 amide bonds. The van der Waals surface area contributed by atoms with Gasteiger partial charge in [-0.2, -0.15) is 0 Å². The van der Waals surface area contributed by atoms with Crippen LogP contribution in [0, 0.1) is 0 Å². The minimum Gasteiger partial charge on any atom is -0.492 e. The maximum absolute atomic E-state index is 11.9. The molecule has 1 saturated heterocycles. The molecule has 110 valence electrons. The number of para-hydroxylation sites is 1. The van der Waals surface area contributed by atoms with Crippen molar-refractivity contribution >= 4 is 6.03 Å². The molecule has 1 unspecified atom stereocenters. The van der Waals surface area contributed by atoms with Crippen molar-refractivity contribution in [1.82, 2.24) is 10.2 Å². The van der Waals surface area contributed by atoms with Gasteiger partial charge >= 0.3 is 6.03 Å². The van der Waals surface area contributed by atoms with Crippen LogP contribution in [0.4, 0.5) is 4.79 Å². The normalized spacial score (nSPS) is 18.6. The average Bonchev–Trinajstić information content (AvgIpc) is 2.52. The van der Waals surface area contributed by atoms with Crippen LogP contribution in [0.25, 0.3) is 0 Å². The molecule has 1 atom stereocenters. The molecule has 0 aliphatic carbocycles. The van der Waals surface area contributed by atoms with Crippen LogP contribution in [-0.2, 0) is 4.74 Å². The zero-order valence-electron chi connectivity index (χ0n) is 11.3. The zero-order valence-corrected chi connectivity index (χ0v) is 11.3. The highest BCUT2D eigenvalue weighted by molar-refractivity contribution is 5.74. The van der Waals surface area contributed by atoms with Crippen molar-refractivity contribution in [1.29, 1.82) is 0 Å². The van der Waals surface area contributed by atoms with E-state index in [1.54, 1.807) is 4.90 Å². The summed E-state index contributed by atoms with van der Waals surface area (Å²) in [5.74, 6) is 0.786. The predicted octanol–water partition coefficient (Wildman–Crippen LogP) is 0.468. The first-order chi connectivity index (χ1) is 9.79. The molecule has 6 heteroatoms. The Labute approximate surface area is 118 Å². The Bertz CT molecular complexity index is 413. The first-order valence-electron chi connectivity index (χ1n) is 6.72. The number of morpholine rings is 1. The molecule has 1 heterocycles. The minimum absolute atomic E-state index is 0.0686. The van der Waals surface area contributed by atoms with Gasteiger partial charge in [-0.1, -0.05) is 18.2 Å². The largest absolute Gasteiger partial charge is 0.492 e. The van der Waals surface area contributed by atoms with Crippen LogP contribution >= 0.6 is 0 Å². The molecular weight excluding hydrogens is 260 g/mol. The number of amides is 2. The number of aliphatic hydroxyl groups excluding tert-OH is 1. The maximum Gasteiger partial charge on any atom is 0.317 e. The van der Waals surface area contributed by atoms with Crippen LogP contribution in [-0.4, -0.2) is 61.6 Å². The smallest absolute Gasteiger partial charge is 0.317 e. The number of carbonyl (C=O) groups excluding carboxylic acids is 1. The van der Waals surface area contributed by atoms with Crippen LogP contribution in [0.5, 0.6) is 5.75 Å². The van der Waals surface area contributed by atoms with Crippen molar-refractivity contribution in [3.63, 3.8) is 0 Å². The van der Waals surface area contributed by atoms with E-state index >= 15 is 0 Å². The SMILES string of the molecule is O=C(NCCOc1ccccc1)N1CCOC(CO)C1. The summed E-state index contributed by atoms with van der Waals surface area (Å²) >= 11 is 0. The topological polar surface area (TPSA) is 71.0 Å². The van der Waals surface area contributed by atoms with Crippen LogP contribution in [0.1, 0.15) is 0 Å². The number of hydrogen-bond donors (Lipinski definition) is 2. The number of rotatable bonds is 5. The molecule has 0 saturated carbocycles. The lowest BCUT2D eigenvalue weighted by Crippen LogP contribution is -2.51. The van der Waals surface area contributed by atoms with Gasteiger partial charge < -0.3 is 24.8 Å². The molecule has 1 aromatic rings. The second kappa shape index (κ2) is 7.72. The molecule has 0 radical (unpaired) electrons. The average molecular weight is 280 g/mol. The summed E-state index contributed by atoms with van der Waals surface area (Å²) in [5, 5.41) is 11.8. The van der Waals surface area contributed by atoms with Crippen molar-refractivity contribution in [3.8, 4) is 5.75 Å². The van der Waals surface area contributed by atoms with Crippen molar-refractivity contribution in [2.45, 2.75) is 6.10 Å². The van der Waals surface area contributed by atoms with Crippen molar-refractivity contribution < 1.29 is 19.4 Å². The minimum atomic E-state index is -0.282. The number of nitrogens with zero attached hydrogens (tertiary/aromatic N) is 1. The van der Waals surface area contributed by atoms with Crippen LogP contribution in [0.15, 0.2) is 30.3 Å². The summed E-state index contributed by atoms with van der Waals surface area (Å²) in [4.78, 5) is 13.5. The van der Waals surface area contributed by atoms with Gasteiger partial charge in [-0.15, -0.1) is 0 Å². The highest BCUT2D eigenvalue weighted by Gasteiger charge is 2.23. The second-order valence-electron chi connectivity index (χ2n) is 4.51. The molecule has 6 nitrogen and oxygen atoms in total. The van der Waals surface area contributed by atoms with E-state index in [9.17, 15) is 4.79 Å². The lowest BCUT2D eigenvalue weighted by atomic mass is 10.3. The van der Waals surface area contributed by atoms with Gasteiger partial charge in [-0.25, -0.2) is 4.79 Å². The van der Waals surface area contributed by atoms with E-state index in [1.165, 1.54) is 0 Å². The number of urea groups is 1. The van der Waals surface area contributed by atoms with Gasteiger partial charge in [-0.05, 0) is 12.1 Å². The molecule has 20 heavy (non-hydrogen) atoms. The highest BCUT2D eigenvalue weighted by Crippen LogP contribution is 2.07. The highest BCUT2D eigenvalue weighted by atomic mass is 16.5. The molecule has 0 aromatic heterocycles. The number of hydrogen-bond acceptors (Lipinski definition) is 4. The molecule has 1 aliphatic heterocycles. The lowest BCUT2D eigenvalue weighted by Gasteiger charge is -2.32. The van der Waals surface area contributed by atoms with Gasteiger partial charge in [0.05, 0.1) is 32.4 Å². The van der Waals surface area contributed by atoms with Gasteiger partial charge in [0.2, 0.25) is 0 Å². The van der Waals surface area contributed by atoms with Gasteiger partial charge in [0.1, 0.15) is 12.4 Å². The van der Waals surface area contributed by atoms with Gasteiger partial charge in [0.15, 0.2) is 0 Å². The number of benzene rings is 1. The van der Waals surface area contributed by atoms with E-state index in [0.29, 0.717) is 32.8 Å². The van der Waals surface area contributed by atoms with E-state index in [2.05, 4.69) is 5.32 Å². The zero-order chi connectivity index (χ0) is 14.2. The molecule has 2 rings (SSSR count). The summed E-state index contributed by atoms with van der Waals surface area (Å²) in [5.41, 5.74) is 0. The summed E-state index contributed by atoms with van der Waals surface area (Å²) < 4.78 is 10.8. The van der Waals surface area contributed by atoms with E-state index in [-0.39, 0.29) is 18.7 Å². The summed E-state index contributed by atoms with van der Waals surface area (Å²) in [6, 6.07) is 9.31. The van der Waals surface area contributed by atoms with Gasteiger partial charge in [0, 0.05) is 6.54 Å². The fourth-order valence-electron chi connectivity index (χ4n) is 1.97. The Morgan fingerprint density at radius 1 is 1.45 bits per heavy atom. The monoisotopic (exact) mass is 280 g/mol. The van der Waals surface area contributed by atoms with Crippen LogP contribution in [0.2, 0.25) is 0 Å². The predicted molar refractivity (Wildman–Crippen MR) is 73.7 cm³/mol. The third kappa shape index (κ3) is 4.40. The third-order valence-electron chi connectivity index (χ3n) is 3.02. The first kappa shape index (κ1) is 14.6. The van der Waals surface area contributed by atoms with Gasteiger partial charge in [0.25, 0.3) is 0 Å². The van der Waals surface area contributed by atoms with E-state index < -0.39 is 0 Å². The Morgan fingerprint density at radius 3 is 3.00 bits per heavy atom. The fraction of sp³-hybridized carbons (Fsp3) is 0.500. The van der Waals surface area contributed by atoms with Crippen LogP contribution in [0.3, 0.4) is 0 Å². The van der Waals surface area contributed by atoms with Crippen LogP contribution < -0.4 is 10.1 Å². The lowest BCUT2D eigenvalue weighted by molar-refractivity contribution is -0.0403. The molecular formula is C14H20N2O4. The Morgan fingerprint density at radius 2 is 2.25 bits per heavy atom. The van der Waals surface area contributed by atoms with Crippen molar-refractivity contribution in [3.05, 3.63) is 30.3 Å². The Kier molecular flexibility index (Phi) is 5.64. The molecule has 2 N–H and O–H groups in total. The Balaban J connectivity index is 1.65. The number of carbonyl (C=O) groups is 1. The standard InChI is InChI=1S/C14H20N2O4/c17-11-13-10-16(7-9-20-13)14(18)15-6-8-19-12-4-2-1-3-5-12/h1-5,13,17H,6-11H2,(H,15,18). The molecule has 0 bridgehead atoms. The summed E-state index contributed by atoms with van der Waals surface area (Å²) in [6.45, 7) is 2.21. The second-order valence-corrected chi connectivity index (χ2v) is 4.51. The molecule has 1 aliphatic rings. The van der Waals surface area contributed by atoms with E-state index in [1.807, 2.05) is 30.3 Å². The molecule has 0 spiro atoms. The molecule has 1 fully saturated rings. The summed E-state index contributed by atoms with van der Waals surface area (Å²) in [6.07, 6.45) is -0.282. The van der Waals surface area contributed by atoms with E-state index in [4.69, 9.17) is 14.6 Å². The van der Waals surface area contributed by atoms with E-state index in [0.717, 1.165) is 5.75 Å². The quantitative estimate of drug-likeness (QED) is 0.769. The number of aliphatic hydroxyl groups is 1. The van der Waals surface area contributed by atoms with Crippen molar-refractivity contribution in [2.75, 3.05) is 39.5 Å². The fourth-order valence-corrected chi connectivity index (χ4v) is 1.97. The Hall–Kier alpha value is -1.79. The molecule has 1 aromatic carbocycles. The summed E-state index contributed by atoms with van der Waals surface area (Å²) in [7, 11) is 0. The number of nitrogens with one attached hydrogen (secondary N) is 1. The van der Waals surface area contributed by atoms with Crippen molar-refractivity contribution in [2.24, 2.45) is 0 Å². The van der Waals surface area contributed by atoms with Gasteiger partial charge in [-0.3, -0.25) is 0 Å². The first-order valence-corrected chi connectivity index (χ1v) is 6.72. The maximum atomic E-state index is 11.9. The number of ether oxygens (including phenoxy) is 2. The third-order valence-corrected chi connectivity index (χ3v) is 3.02.